The molecule has 0 radical (unpaired) electrons. The molecule has 0 aliphatic heterocycles. The summed E-state index contributed by atoms with van der Waals surface area (Å²) in [7, 11) is -3.34. The van der Waals surface area contributed by atoms with Crippen LogP contribution >= 0.6 is 67.8 Å². The molecule has 0 N–H and O–H groups in total. The number of benzene rings is 2. The van der Waals surface area contributed by atoms with Crippen LogP contribution in [0.1, 0.15) is 44.2 Å². The second kappa shape index (κ2) is 18.7. The Labute approximate surface area is 257 Å². The summed E-state index contributed by atoms with van der Waals surface area (Å²) < 4.78 is 30.0. The summed E-state index contributed by atoms with van der Waals surface area (Å²) in [5.74, 6) is 0.768. The van der Waals surface area contributed by atoms with E-state index in [0.29, 0.717) is 5.92 Å². The molecular weight excluding hydrogens is 851 g/mol. The third kappa shape index (κ3) is 16.5. The van der Waals surface area contributed by atoms with E-state index in [0.717, 1.165) is 15.4 Å². The summed E-state index contributed by atoms with van der Waals surface area (Å²) in [5, 5.41) is 0. The van der Waals surface area contributed by atoms with Crippen LogP contribution in [0.5, 0.6) is 0 Å². The zero-order chi connectivity index (χ0) is 19.7. The van der Waals surface area contributed by atoms with Gasteiger partial charge in [-0.2, -0.15) is 8.42 Å². The van der Waals surface area contributed by atoms with E-state index in [2.05, 4.69) is 99.0 Å². The molecule has 0 amide bonds. The SMILES string of the molecule is C.C[C@@H](CI)c1ccc(I)cc1.C[C@@H](COS(C)(=O)=O)c1ccc(I)cc1.[I-].[Na+]. The molecule has 0 fully saturated rings. The van der Waals surface area contributed by atoms with Gasteiger partial charge < -0.3 is 24.0 Å². The van der Waals surface area contributed by atoms with Crippen molar-refractivity contribution in [2.24, 2.45) is 0 Å². The molecule has 2 rings (SSSR count). The van der Waals surface area contributed by atoms with Crippen LogP contribution in [0.3, 0.4) is 0 Å². The van der Waals surface area contributed by atoms with Gasteiger partial charge in [0, 0.05) is 17.5 Å². The second-order valence-electron chi connectivity index (χ2n) is 6.05. The van der Waals surface area contributed by atoms with Crippen LogP contribution < -0.4 is 53.5 Å². The van der Waals surface area contributed by atoms with Crippen LogP contribution in [0, 0.1) is 7.14 Å². The molecule has 2 aromatic carbocycles. The molecule has 9 heteroatoms. The van der Waals surface area contributed by atoms with Gasteiger partial charge in [0.15, 0.2) is 0 Å². The molecule has 29 heavy (non-hydrogen) atoms. The van der Waals surface area contributed by atoms with Crippen molar-refractivity contribution in [2.45, 2.75) is 33.1 Å². The second-order valence-corrected chi connectivity index (χ2v) is 11.1. The Bertz CT molecular complexity index is 769. The van der Waals surface area contributed by atoms with Crippen LogP contribution in [0.25, 0.3) is 0 Å². The molecule has 2 atom stereocenters. The first-order chi connectivity index (χ1) is 12.1. The number of halogens is 4. The molecule has 0 saturated carbocycles. The van der Waals surface area contributed by atoms with Gasteiger partial charge in [0.1, 0.15) is 0 Å². The van der Waals surface area contributed by atoms with E-state index in [1.165, 1.54) is 13.6 Å². The Balaban J connectivity index is -0.000000437. The van der Waals surface area contributed by atoms with Crippen molar-refractivity contribution in [1.29, 1.82) is 0 Å². The minimum absolute atomic E-state index is 0. The summed E-state index contributed by atoms with van der Waals surface area (Å²) in [6.45, 7) is 4.39. The van der Waals surface area contributed by atoms with Gasteiger partial charge in [-0.3, -0.25) is 4.18 Å². The van der Waals surface area contributed by atoms with E-state index in [9.17, 15) is 8.42 Å². The van der Waals surface area contributed by atoms with Crippen LogP contribution in [0.4, 0.5) is 0 Å². The fourth-order valence-corrected chi connectivity index (χ4v) is 3.67. The molecule has 2 aromatic rings. The van der Waals surface area contributed by atoms with E-state index in [-0.39, 0.29) is 73.5 Å². The first-order valence-corrected chi connectivity index (χ1v) is 13.5. The Morgan fingerprint density at radius 1 is 0.862 bits per heavy atom. The van der Waals surface area contributed by atoms with Gasteiger partial charge in [-0.15, -0.1) is 0 Å². The van der Waals surface area contributed by atoms with E-state index in [1.54, 1.807) is 0 Å². The number of rotatable bonds is 6. The van der Waals surface area contributed by atoms with Crippen LogP contribution in [-0.2, 0) is 14.3 Å². The summed E-state index contributed by atoms with van der Waals surface area (Å²) >= 11 is 6.98. The molecule has 160 valence electrons. The zero-order valence-corrected chi connectivity index (χ0v) is 27.8. The molecule has 0 heterocycles. The normalized spacial score (nSPS) is 12.1. The maximum Gasteiger partial charge on any atom is 1.00 e. The Morgan fingerprint density at radius 2 is 1.21 bits per heavy atom. The minimum atomic E-state index is -3.34. The fraction of sp³-hybridized carbons (Fsp3) is 0.400. The van der Waals surface area contributed by atoms with Gasteiger partial charge in [0.2, 0.25) is 0 Å². The van der Waals surface area contributed by atoms with E-state index >= 15 is 0 Å². The number of hydrogen-bond donors (Lipinski definition) is 0. The Hall–Kier alpha value is 2.27. The van der Waals surface area contributed by atoms with Crippen molar-refractivity contribution in [3.05, 3.63) is 66.8 Å². The molecule has 0 aliphatic carbocycles. The van der Waals surface area contributed by atoms with Crippen molar-refractivity contribution in [1.82, 2.24) is 0 Å². The van der Waals surface area contributed by atoms with Gasteiger partial charge in [-0.05, 0) is 86.5 Å². The third-order valence-corrected chi connectivity index (χ3v) is 6.97. The predicted octanol–water partition coefficient (Wildman–Crippen LogP) is 0.845. The first kappa shape index (κ1) is 35.9. The summed E-state index contributed by atoms with van der Waals surface area (Å²) in [5.41, 5.74) is 2.53. The molecular formula is C20H27I4NaO3S. The summed E-state index contributed by atoms with van der Waals surface area (Å²) in [6.07, 6.45) is 1.06. The summed E-state index contributed by atoms with van der Waals surface area (Å²) in [6, 6.07) is 16.7. The molecule has 0 spiro atoms. The Morgan fingerprint density at radius 3 is 1.52 bits per heavy atom. The van der Waals surface area contributed by atoms with Crippen molar-refractivity contribution in [2.75, 3.05) is 17.3 Å². The molecule has 3 nitrogen and oxygen atoms in total. The van der Waals surface area contributed by atoms with Crippen LogP contribution in [0.2, 0.25) is 0 Å². The fourth-order valence-electron chi connectivity index (χ4n) is 1.99. The van der Waals surface area contributed by atoms with Crippen molar-refractivity contribution in [3.8, 4) is 0 Å². The smallest absolute Gasteiger partial charge is 1.00 e. The molecule has 0 aromatic heterocycles. The standard InChI is InChI=1S/C10H13IO3S.C9H10I2.CH4.HI.Na/c1-8(7-14-15(2,12)13)9-3-5-10(11)6-4-9;1-7(6-10)8-2-4-9(11)5-3-8;;;/h3-6,8H,7H2,1-2H3;2-5,7H,6H2,1H3;1H4;1H;/q;;;;+1/p-1/t8-;7-;;;/m00.../s1. The maximum atomic E-state index is 10.8. The van der Waals surface area contributed by atoms with Gasteiger partial charge in [-0.1, -0.05) is 68.1 Å². The summed E-state index contributed by atoms with van der Waals surface area (Å²) in [4.78, 5) is 0. The van der Waals surface area contributed by atoms with Gasteiger partial charge in [0.25, 0.3) is 10.1 Å². The van der Waals surface area contributed by atoms with Gasteiger partial charge >= 0.3 is 29.6 Å². The topological polar surface area (TPSA) is 43.4 Å². The molecule has 0 aliphatic rings. The van der Waals surface area contributed by atoms with Gasteiger partial charge in [0.05, 0.1) is 12.9 Å². The molecule has 0 saturated heterocycles. The Kier molecular flexibility index (Phi) is 23.1. The van der Waals surface area contributed by atoms with E-state index in [4.69, 9.17) is 4.18 Å². The third-order valence-electron chi connectivity index (χ3n) is 3.64. The average Bonchev–Trinajstić information content (AvgIpc) is 2.60. The van der Waals surface area contributed by atoms with Crippen molar-refractivity contribution < 1.29 is 66.1 Å². The monoisotopic (exact) mass is 878 g/mol. The maximum absolute atomic E-state index is 10.8. The van der Waals surface area contributed by atoms with Crippen LogP contribution in [-0.4, -0.2) is 25.7 Å². The van der Waals surface area contributed by atoms with Crippen molar-refractivity contribution in [3.63, 3.8) is 0 Å². The number of alkyl halides is 1. The molecule has 0 bridgehead atoms. The molecule has 0 unspecified atom stereocenters. The largest absolute Gasteiger partial charge is 1.00 e. The first-order valence-electron chi connectivity index (χ1n) is 8.03. The van der Waals surface area contributed by atoms with Crippen LogP contribution in [0.15, 0.2) is 48.5 Å². The zero-order valence-electron chi connectivity index (χ0n) is 16.3. The average molecular weight is 878 g/mol. The minimum Gasteiger partial charge on any atom is -1.00 e. The van der Waals surface area contributed by atoms with Gasteiger partial charge in [-0.25, -0.2) is 0 Å². The van der Waals surface area contributed by atoms with Crippen molar-refractivity contribution >= 4 is 77.9 Å². The quantitative estimate of drug-likeness (QED) is 0.188. The number of hydrogen-bond acceptors (Lipinski definition) is 3. The predicted molar refractivity (Wildman–Crippen MR) is 142 cm³/mol. The van der Waals surface area contributed by atoms with E-state index < -0.39 is 10.1 Å². The van der Waals surface area contributed by atoms with E-state index in [1.807, 2.05) is 31.2 Å².